The van der Waals surface area contributed by atoms with E-state index in [-0.39, 0.29) is 5.56 Å². The fourth-order valence-electron chi connectivity index (χ4n) is 1.25. The van der Waals surface area contributed by atoms with Crippen molar-refractivity contribution in [2.45, 2.75) is 6.18 Å². The molecule has 3 nitrogen and oxygen atoms in total. The summed E-state index contributed by atoms with van der Waals surface area (Å²) in [5.41, 5.74) is -0.371. The van der Waals surface area contributed by atoms with E-state index < -0.39 is 11.9 Å². The summed E-state index contributed by atoms with van der Waals surface area (Å²) in [4.78, 5) is 3.74. The van der Waals surface area contributed by atoms with E-state index in [1.165, 1.54) is 24.5 Å². The molecule has 0 aliphatic heterocycles. The molecule has 2 aromatic rings. The molecule has 0 fully saturated rings. The second-order valence-corrected chi connectivity index (χ2v) is 2.89. The van der Waals surface area contributed by atoms with Crippen molar-refractivity contribution in [3.05, 3.63) is 36.4 Å². The Kier molecular flexibility index (Phi) is 2.18. The summed E-state index contributed by atoms with van der Waals surface area (Å²) in [6, 6.07) is 3.00. The summed E-state index contributed by atoms with van der Waals surface area (Å²) < 4.78 is 37.4. The first-order valence-electron chi connectivity index (χ1n) is 4.10. The molecule has 78 valence electrons. The van der Waals surface area contributed by atoms with Gasteiger partial charge in [0, 0.05) is 18.0 Å². The van der Waals surface area contributed by atoms with E-state index in [2.05, 4.69) is 10.1 Å². The van der Waals surface area contributed by atoms with Crippen LogP contribution in [0, 0.1) is 0 Å². The minimum Gasteiger partial charge on any atom is -0.273 e. The van der Waals surface area contributed by atoms with Crippen LogP contribution in [-0.4, -0.2) is 15.2 Å². The van der Waals surface area contributed by atoms with Crippen molar-refractivity contribution < 1.29 is 13.2 Å². The summed E-state index contributed by atoms with van der Waals surface area (Å²) in [5, 5.41) is 5.35. The number of hydrogen-bond acceptors (Lipinski definition) is 2. The predicted molar refractivity (Wildman–Crippen MR) is 46.8 cm³/mol. The number of hydrogen-bond donors (Lipinski definition) is 1. The molecule has 15 heavy (non-hydrogen) atoms. The quantitative estimate of drug-likeness (QED) is 0.790. The minimum atomic E-state index is -4.42. The maximum Gasteiger partial charge on any atom is 0.433 e. The Bertz CT molecular complexity index is 447. The normalized spacial score (nSPS) is 11.7. The number of aromatic amines is 1. The van der Waals surface area contributed by atoms with Gasteiger partial charge in [-0.1, -0.05) is 0 Å². The van der Waals surface area contributed by atoms with E-state index in [4.69, 9.17) is 0 Å². The highest BCUT2D eigenvalue weighted by molar-refractivity contribution is 5.65. The highest BCUT2D eigenvalue weighted by Crippen LogP contribution is 2.34. The van der Waals surface area contributed by atoms with Crippen molar-refractivity contribution in [2.24, 2.45) is 0 Å². The standard InChI is InChI=1S/C9H6F3N3/c10-9(11,12)8-7(5-14-15-8)6-1-3-13-4-2-6/h1-5H,(H,14,15). The molecule has 0 atom stereocenters. The Morgan fingerprint density at radius 1 is 1.13 bits per heavy atom. The molecule has 2 aromatic heterocycles. The molecule has 0 aromatic carbocycles. The molecule has 0 radical (unpaired) electrons. The van der Waals surface area contributed by atoms with Gasteiger partial charge in [-0.3, -0.25) is 10.1 Å². The van der Waals surface area contributed by atoms with Crippen LogP contribution in [0.2, 0.25) is 0 Å². The van der Waals surface area contributed by atoms with Crippen LogP contribution in [0.4, 0.5) is 13.2 Å². The number of alkyl halides is 3. The lowest BCUT2D eigenvalue weighted by Crippen LogP contribution is -2.07. The predicted octanol–water partition coefficient (Wildman–Crippen LogP) is 2.49. The number of nitrogens with one attached hydrogen (secondary N) is 1. The zero-order valence-electron chi connectivity index (χ0n) is 7.42. The molecule has 0 amide bonds. The number of halogens is 3. The van der Waals surface area contributed by atoms with Crippen LogP contribution in [0.5, 0.6) is 0 Å². The van der Waals surface area contributed by atoms with E-state index >= 15 is 0 Å². The lowest BCUT2D eigenvalue weighted by atomic mass is 10.1. The second-order valence-electron chi connectivity index (χ2n) is 2.89. The summed E-state index contributed by atoms with van der Waals surface area (Å²) in [6.07, 6.45) is -0.405. The van der Waals surface area contributed by atoms with Crippen LogP contribution in [0.15, 0.2) is 30.7 Å². The Labute approximate surface area is 83.0 Å². The lowest BCUT2D eigenvalue weighted by Gasteiger charge is -2.06. The molecule has 0 saturated heterocycles. The fourth-order valence-corrected chi connectivity index (χ4v) is 1.25. The fraction of sp³-hybridized carbons (Fsp3) is 0.111. The average Bonchev–Trinajstić information content (AvgIpc) is 2.67. The van der Waals surface area contributed by atoms with Gasteiger partial charge in [0.2, 0.25) is 0 Å². The van der Waals surface area contributed by atoms with Crippen LogP contribution in [0.1, 0.15) is 5.69 Å². The molecule has 0 aliphatic rings. The van der Waals surface area contributed by atoms with Gasteiger partial charge >= 0.3 is 6.18 Å². The number of nitrogens with zero attached hydrogens (tertiary/aromatic N) is 2. The SMILES string of the molecule is FC(F)(F)c1[nH]ncc1-c1ccncc1. The van der Waals surface area contributed by atoms with Gasteiger partial charge in [-0.2, -0.15) is 18.3 Å². The molecule has 6 heteroatoms. The van der Waals surface area contributed by atoms with Crippen molar-refractivity contribution in [2.75, 3.05) is 0 Å². The highest BCUT2D eigenvalue weighted by atomic mass is 19.4. The first kappa shape index (κ1) is 9.70. The van der Waals surface area contributed by atoms with Gasteiger partial charge < -0.3 is 0 Å². The van der Waals surface area contributed by atoms with Crippen molar-refractivity contribution >= 4 is 0 Å². The van der Waals surface area contributed by atoms with E-state index in [0.29, 0.717) is 5.56 Å². The molecule has 0 spiro atoms. The third-order valence-electron chi connectivity index (χ3n) is 1.91. The zero-order chi connectivity index (χ0) is 10.9. The molecule has 1 N–H and O–H groups in total. The van der Waals surface area contributed by atoms with Gasteiger partial charge in [0.05, 0.1) is 6.20 Å². The van der Waals surface area contributed by atoms with Gasteiger partial charge in [0.1, 0.15) is 5.69 Å². The summed E-state index contributed by atoms with van der Waals surface area (Å²) in [7, 11) is 0. The third-order valence-corrected chi connectivity index (χ3v) is 1.91. The highest BCUT2D eigenvalue weighted by Gasteiger charge is 2.35. The number of pyridine rings is 1. The third kappa shape index (κ3) is 1.83. The molecule has 0 aliphatic carbocycles. The van der Waals surface area contributed by atoms with E-state index in [1.54, 1.807) is 0 Å². The Morgan fingerprint density at radius 3 is 2.40 bits per heavy atom. The summed E-state index contributed by atoms with van der Waals surface area (Å²) in [5.74, 6) is 0. The van der Waals surface area contributed by atoms with Gasteiger partial charge in [-0.15, -0.1) is 0 Å². The minimum absolute atomic E-state index is 0.0323. The number of H-pyrrole nitrogens is 1. The van der Waals surface area contributed by atoms with Crippen molar-refractivity contribution in [3.8, 4) is 11.1 Å². The van der Waals surface area contributed by atoms with Crippen LogP contribution in [-0.2, 0) is 6.18 Å². The first-order chi connectivity index (χ1) is 7.09. The molecule has 2 heterocycles. The number of aromatic nitrogens is 3. The van der Waals surface area contributed by atoms with E-state index in [9.17, 15) is 13.2 Å². The molecule has 2 rings (SSSR count). The first-order valence-corrected chi connectivity index (χ1v) is 4.10. The Balaban J connectivity index is 2.51. The van der Waals surface area contributed by atoms with Gasteiger partial charge in [-0.25, -0.2) is 0 Å². The summed E-state index contributed by atoms with van der Waals surface area (Å²) >= 11 is 0. The monoisotopic (exact) mass is 213 g/mol. The van der Waals surface area contributed by atoms with Gasteiger partial charge in [0.15, 0.2) is 0 Å². The van der Waals surface area contributed by atoms with Crippen molar-refractivity contribution in [3.63, 3.8) is 0 Å². The smallest absolute Gasteiger partial charge is 0.273 e. The van der Waals surface area contributed by atoms with Crippen LogP contribution in [0.25, 0.3) is 11.1 Å². The number of rotatable bonds is 1. The van der Waals surface area contributed by atoms with Crippen LogP contribution < -0.4 is 0 Å². The Hall–Kier alpha value is -1.85. The van der Waals surface area contributed by atoms with Crippen LogP contribution >= 0.6 is 0 Å². The van der Waals surface area contributed by atoms with Gasteiger partial charge in [-0.05, 0) is 17.7 Å². The Morgan fingerprint density at radius 2 is 1.80 bits per heavy atom. The maximum atomic E-state index is 12.5. The van der Waals surface area contributed by atoms with Crippen LogP contribution in [0.3, 0.4) is 0 Å². The van der Waals surface area contributed by atoms with Gasteiger partial charge in [0.25, 0.3) is 0 Å². The second kappa shape index (κ2) is 3.38. The average molecular weight is 213 g/mol. The molecule has 0 unspecified atom stereocenters. The topological polar surface area (TPSA) is 41.6 Å². The molecular weight excluding hydrogens is 207 g/mol. The van der Waals surface area contributed by atoms with Crippen molar-refractivity contribution in [1.82, 2.24) is 15.2 Å². The zero-order valence-corrected chi connectivity index (χ0v) is 7.42. The molecule has 0 bridgehead atoms. The molecule has 0 saturated carbocycles. The summed E-state index contributed by atoms with van der Waals surface area (Å²) in [6.45, 7) is 0. The lowest BCUT2D eigenvalue weighted by molar-refractivity contribution is -0.140. The largest absolute Gasteiger partial charge is 0.433 e. The molecular formula is C9H6F3N3. The van der Waals surface area contributed by atoms with Crippen molar-refractivity contribution in [1.29, 1.82) is 0 Å². The van der Waals surface area contributed by atoms with E-state index in [1.807, 2.05) is 5.10 Å². The maximum absolute atomic E-state index is 12.5. The van der Waals surface area contributed by atoms with E-state index in [0.717, 1.165) is 6.20 Å².